The molecular formula is C19H12F6N4O3. The van der Waals surface area contributed by atoms with Crippen LogP contribution in [0.15, 0.2) is 53.3 Å². The van der Waals surface area contributed by atoms with Gasteiger partial charge in [-0.1, -0.05) is 30.3 Å². The molecule has 0 unspecified atom stereocenters. The third-order valence-electron chi connectivity index (χ3n) is 4.42. The van der Waals surface area contributed by atoms with Crippen LogP contribution in [0.1, 0.15) is 16.8 Å². The molecule has 0 bridgehead atoms. The van der Waals surface area contributed by atoms with E-state index in [9.17, 15) is 41.3 Å². The lowest BCUT2D eigenvalue weighted by Gasteiger charge is -2.17. The monoisotopic (exact) mass is 458 g/mol. The topological polar surface area (TPSA) is 104 Å². The van der Waals surface area contributed by atoms with Gasteiger partial charge in [0.1, 0.15) is 5.69 Å². The van der Waals surface area contributed by atoms with E-state index in [1.54, 1.807) is 18.2 Å². The molecule has 2 aromatic carbocycles. The first-order valence-corrected chi connectivity index (χ1v) is 8.68. The van der Waals surface area contributed by atoms with Crippen molar-refractivity contribution in [3.8, 4) is 11.4 Å². The predicted molar refractivity (Wildman–Crippen MR) is 101 cm³/mol. The molecule has 0 amide bonds. The van der Waals surface area contributed by atoms with Gasteiger partial charge in [-0.3, -0.25) is 19.5 Å². The average Bonchev–Trinajstić information content (AvgIpc) is 2.70. The summed E-state index contributed by atoms with van der Waals surface area (Å²) >= 11 is 0. The summed E-state index contributed by atoms with van der Waals surface area (Å²) in [6.07, 6.45) is -10.1. The lowest BCUT2D eigenvalue weighted by atomic mass is 10.1. The quantitative estimate of drug-likeness (QED) is 0.353. The van der Waals surface area contributed by atoms with Crippen LogP contribution in [0.4, 0.5) is 37.7 Å². The average molecular weight is 458 g/mol. The van der Waals surface area contributed by atoms with Crippen LogP contribution in [-0.2, 0) is 18.9 Å². The molecule has 3 rings (SSSR count). The summed E-state index contributed by atoms with van der Waals surface area (Å²) in [4.78, 5) is 26.3. The van der Waals surface area contributed by atoms with E-state index in [2.05, 4.69) is 4.98 Å². The Bertz CT molecular complexity index is 1240. The van der Waals surface area contributed by atoms with E-state index in [-0.39, 0.29) is 12.6 Å². The lowest BCUT2D eigenvalue weighted by molar-refractivity contribution is -0.384. The first-order chi connectivity index (χ1) is 14.8. The SMILES string of the molecule is Nc1c(C(F)(F)F)nc(-c2ccc(C(F)(F)F)cc2[N+](=O)[O-])n(Cc2ccccc2)c1=O. The van der Waals surface area contributed by atoms with Crippen LogP contribution in [0, 0.1) is 10.1 Å². The van der Waals surface area contributed by atoms with Crippen molar-refractivity contribution in [2.75, 3.05) is 5.73 Å². The fourth-order valence-electron chi connectivity index (χ4n) is 2.95. The number of nitrogen functional groups attached to an aromatic ring is 1. The van der Waals surface area contributed by atoms with Crippen LogP contribution in [0.3, 0.4) is 0 Å². The molecule has 0 aliphatic heterocycles. The van der Waals surface area contributed by atoms with Crippen LogP contribution in [-0.4, -0.2) is 14.5 Å². The van der Waals surface area contributed by atoms with Crippen LogP contribution in [0.25, 0.3) is 11.4 Å². The Morgan fingerprint density at radius 3 is 2.16 bits per heavy atom. The number of anilines is 1. The number of nitrogens with zero attached hydrogens (tertiary/aromatic N) is 3. The molecule has 0 saturated heterocycles. The van der Waals surface area contributed by atoms with E-state index in [4.69, 9.17) is 5.73 Å². The molecule has 2 N–H and O–H groups in total. The summed E-state index contributed by atoms with van der Waals surface area (Å²) in [6.45, 7) is -0.386. The molecule has 1 aromatic heterocycles. The molecule has 13 heteroatoms. The van der Waals surface area contributed by atoms with E-state index >= 15 is 0 Å². The molecule has 0 aliphatic carbocycles. The fourth-order valence-corrected chi connectivity index (χ4v) is 2.95. The molecule has 7 nitrogen and oxygen atoms in total. The largest absolute Gasteiger partial charge is 0.435 e. The maximum atomic E-state index is 13.4. The summed E-state index contributed by atoms with van der Waals surface area (Å²) in [5, 5.41) is 11.5. The Morgan fingerprint density at radius 1 is 1.00 bits per heavy atom. The van der Waals surface area contributed by atoms with E-state index in [0.29, 0.717) is 22.3 Å². The number of hydrogen-bond acceptors (Lipinski definition) is 5. The highest BCUT2D eigenvalue weighted by molar-refractivity contribution is 5.70. The molecule has 168 valence electrons. The second-order valence-electron chi connectivity index (χ2n) is 6.56. The van der Waals surface area contributed by atoms with Gasteiger partial charge in [-0.05, 0) is 17.7 Å². The Morgan fingerprint density at radius 2 is 1.62 bits per heavy atom. The first kappa shape index (κ1) is 22.8. The van der Waals surface area contributed by atoms with Gasteiger partial charge in [0.2, 0.25) is 0 Å². The van der Waals surface area contributed by atoms with E-state index in [1.807, 2.05) is 0 Å². The Kier molecular flexibility index (Phi) is 5.68. The molecular weight excluding hydrogens is 446 g/mol. The minimum absolute atomic E-state index is 0.165. The molecule has 0 aliphatic rings. The number of rotatable bonds is 4. The standard InChI is InChI=1S/C19H12F6N4O3/c20-18(21,22)11-6-7-12(13(8-11)29(31)32)16-27-15(19(23,24)25)14(26)17(30)28(16)9-10-4-2-1-3-5-10/h1-8H,9,26H2. The third-order valence-corrected chi connectivity index (χ3v) is 4.42. The number of hydrogen-bond donors (Lipinski definition) is 1. The smallest absolute Gasteiger partial charge is 0.392 e. The van der Waals surface area contributed by atoms with Crippen LogP contribution in [0.2, 0.25) is 0 Å². The minimum Gasteiger partial charge on any atom is -0.392 e. The van der Waals surface area contributed by atoms with Crippen molar-refractivity contribution in [1.82, 2.24) is 9.55 Å². The van der Waals surface area contributed by atoms with Crippen molar-refractivity contribution in [3.05, 3.63) is 85.8 Å². The molecule has 0 radical (unpaired) electrons. The van der Waals surface area contributed by atoms with Crippen molar-refractivity contribution in [1.29, 1.82) is 0 Å². The zero-order valence-corrected chi connectivity index (χ0v) is 15.7. The molecule has 0 atom stereocenters. The number of nitro benzene ring substituents is 1. The van der Waals surface area contributed by atoms with Crippen molar-refractivity contribution < 1.29 is 31.3 Å². The summed E-state index contributed by atoms with van der Waals surface area (Å²) in [6, 6.07) is 9.02. The first-order valence-electron chi connectivity index (χ1n) is 8.68. The van der Waals surface area contributed by atoms with Crippen LogP contribution in [0.5, 0.6) is 0 Å². The maximum absolute atomic E-state index is 13.4. The van der Waals surface area contributed by atoms with Gasteiger partial charge in [0.15, 0.2) is 11.5 Å². The lowest BCUT2D eigenvalue weighted by Crippen LogP contribution is -2.30. The number of nitro groups is 1. The van der Waals surface area contributed by atoms with Gasteiger partial charge in [-0.2, -0.15) is 26.3 Å². The summed E-state index contributed by atoms with van der Waals surface area (Å²) in [5.41, 5.74) is -1.90. The Hall–Kier alpha value is -3.90. The van der Waals surface area contributed by atoms with Gasteiger partial charge in [0.05, 0.1) is 22.6 Å². The van der Waals surface area contributed by atoms with Gasteiger partial charge in [0, 0.05) is 6.07 Å². The molecule has 0 spiro atoms. The highest BCUT2D eigenvalue weighted by atomic mass is 19.4. The highest BCUT2D eigenvalue weighted by Crippen LogP contribution is 2.38. The van der Waals surface area contributed by atoms with Gasteiger partial charge in [0.25, 0.3) is 11.2 Å². The fraction of sp³-hybridized carbons (Fsp3) is 0.158. The second kappa shape index (κ2) is 7.98. The van der Waals surface area contributed by atoms with Crippen LogP contribution < -0.4 is 11.3 Å². The summed E-state index contributed by atoms with van der Waals surface area (Å²) in [5.74, 6) is -0.846. The summed E-state index contributed by atoms with van der Waals surface area (Å²) < 4.78 is 79.8. The Balaban J connectivity index is 2.37. The van der Waals surface area contributed by atoms with E-state index in [0.717, 1.165) is 0 Å². The Labute approximate surface area is 174 Å². The molecule has 0 fully saturated rings. The molecule has 32 heavy (non-hydrogen) atoms. The van der Waals surface area contributed by atoms with Gasteiger partial charge in [-0.25, -0.2) is 4.98 Å². The number of halogens is 6. The number of aromatic nitrogens is 2. The highest BCUT2D eigenvalue weighted by Gasteiger charge is 2.39. The third kappa shape index (κ3) is 4.40. The second-order valence-corrected chi connectivity index (χ2v) is 6.56. The minimum atomic E-state index is -5.19. The van der Waals surface area contributed by atoms with Crippen LogP contribution >= 0.6 is 0 Å². The van der Waals surface area contributed by atoms with Gasteiger partial charge in [-0.15, -0.1) is 0 Å². The van der Waals surface area contributed by atoms with Crippen molar-refractivity contribution in [2.45, 2.75) is 18.9 Å². The van der Waals surface area contributed by atoms with Crippen molar-refractivity contribution >= 4 is 11.4 Å². The van der Waals surface area contributed by atoms with Crippen molar-refractivity contribution in [2.24, 2.45) is 0 Å². The van der Waals surface area contributed by atoms with Gasteiger partial charge < -0.3 is 5.73 Å². The predicted octanol–water partition coefficient (Wildman–Crippen LogP) is 4.49. The maximum Gasteiger partial charge on any atom is 0.435 e. The van der Waals surface area contributed by atoms with E-state index < -0.39 is 56.9 Å². The van der Waals surface area contributed by atoms with E-state index in [1.165, 1.54) is 12.1 Å². The number of alkyl halides is 6. The zero-order chi connectivity index (χ0) is 23.8. The number of nitrogens with two attached hydrogens (primary N) is 1. The summed E-state index contributed by atoms with van der Waals surface area (Å²) in [7, 11) is 0. The zero-order valence-electron chi connectivity index (χ0n) is 15.7. The molecule has 1 heterocycles. The normalized spacial score (nSPS) is 12.1. The molecule has 0 saturated carbocycles. The molecule has 3 aromatic rings. The van der Waals surface area contributed by atoms with Gasteiger partial charge >= 0.3 is 12.4 Å². The number of benzene rings is 2. The van der Waals surface area contributed by atoms with Crippen molar-refractivity contribution in [3.63, 3.8) is 0 Å².